The topological polar surface area (TPSA) is 103 Å². The molecule has 200 valence electrons. The van der Waals surface area contributed by atoms with Gasteiger partial charge in [0.25, 0.3) is 0 Å². The predicted octanol–water partition coefficient (Wildman–Crippen LogP) is 5.55. The number of hydrogen-bond acceptors (Lipinski definition) is 8. The molecule has 12 heteroatoms. The number of aldehydes is 1. The summed E-state index contributed by atoms with van der Waals surface area (Å²) in [7, 11) is 1.68. The minimum absolute atomic E-state index is 0.0377. The zero-order valence-electron chi connectivity index (χ0n) is 20.9. The van der Waals surface area contributed by atoms with Crippen LogP contribution < -0.4 is 10.6 Å². The molecule has 0 saturated carbocycles. The molecule has 0 radical (unpaired) electrons. The highest BCUT2D eigenvalue weighted by Gasteiger charge is 2.24. The summed E-state index contributed by atoms with van der Waals surface area (Å²) in [5.41, 5.74) is 1.16. The van der Waals surface area contributed by atoms with E-state index in [1.165, 1.54) is 6.20 Å². The van der Waals surface area contributed by atoms with E-state index in [9.17, 15) is 18.0 Å². The molecule has 9 nitrogen and oxygen atoms in total. The highest BCUT2D eigenvalue weighted by atomic mass is 19.1. The van der Waals surface area contributed by atoms with Crippen molar-refractivity contribution >= 4 is 40.5 Å². The first-order valence-corrected chi connectivity index (χ1v) is 12.0. The second kappa shape index (κ2) is 12.5. The molecule has 0 atom stereocenters. The van der Waals surface area contributed by atoms with E-state index in [-0.39, 0.29) is 17.8 Å². The first-order valence-electron chi connectivity index (χ1n) is 12.0. The predicted molar refractivity (Wildman–Crippen MR) is 137 cm³/mol. The molecule has 5 rings (SSSR count). The van der Waals surface area contributed by atoms with E-state index in [0.717, 1.165) is 12.9 Å². The van der Waals surface area contributed by atoms with Crippen LogP contribution in [0.25, 0.3) is 11.0 Å². The van der Waals surface area contributed by atoms with E-state index in [0.29, 0.717) is 60.5 Å². The molecule has 38 heavy (non-hydrogen) atoms. The summed E-state index contributed by atoms with van der Waals surface area (Å²) < 4.78 is 53.5. The van der Waals surface area contributed by atoms with Gasteiger partial charge < -0.3 is 20.1 Å². The lowest BCUT2D eigenvalue weighted by molar-refractivity contribution is 0.0674. The summed E-state index contributed by atoms with van der Waals surface area (Å²) in [5, 5.41) is 10.7. The molecule has 2 N–H and O–H groups in total. The van der Waals surface area contributed by atoms with E-state index in [1.807, 2.05) is 6.92 Å². The van der Waals surface area contributed by atoms with Crippen molar-refractivity contribution in [1.29, 1.82) is 0 Å². The van der Waals surface area contributed by atoms with Crippen molar-refractivity contribution in [2.45, 2.75) is 25.8 Å². The van der Waals surface area contributed by atoms with Gasteiger partial charge in [-0.2, -0.15) is 10.1 Å². The second-order valence-electron chi connectivity index (χ2n) is 8.38. The Labute approximate surface area is 217 Å². The molecule has 3 heterocycles. The third-order valence-corrected chi connectivity index (χ3v) is 5.83. The fourth-order valence-corrected chi connectivity index (χ4v) is 3.81. The number of nitrogens with one attached hydrogen (secondary N) is 2. The number of carbonyl (C=O) groups is 1. The highest BCUT2D eigenvalue weighted by Crippen LogP contribution is 2.32. The Morgan fingerprint density at radius 2 is 1.76 bits per heavy atom. The minimum atomic E-state index is -1.08. The summed E-state index contributed by atoms with van der Waals surface area (Å²) in [6.45, 7) is 3.88. The number of carbonyl (C=O) groups excluding carboxylic acids is 1. The van der Waals surface area contributed by atoms with Gasteiger partial charge in [0.05, 0.1) is 11.4 Å². The minimum Gasteiger partial charge on any atom is -0.385 e. The maximum absolute atomic E-state index is 14.3. The Morgan fingerprint density at radius 3 is 2.37 bits per heavy atom. The lowest BCUT2D eigenvalue weighted by atomic mass is 10.1. The second-order valence-corrected chi connectivity index (χ2v) is 8.38. The summed E-state index contributed by atoms with van der Waals surface area (Å²) in [5.74, 6) is -2.75. The smallest absolute Gasteiger partial charge is 0.229 e. The first kappa shape index (κ1) is 27.0. The molecule has 0 amide bonds. The fraction of sp³-hybridized carbons (Fsp3) is 0.308. The van der Waals surface area contributed by atoms with Crippen molar-refractivity contribution in [3.8, 4) is 0 Å². The molecule has 4 aromatic rings. The van der Waals surface area contributed by atoms with E-state index >= 15 is 0 Å². The van der Waals surface area contributed by atoms with Gasteiger partial charge >= 0.3 is 0 Å². The Morgan fingerprint density at radius 1 is 1.11 bits per heavy atom. The van der Waals surface area contributed by atoms with E-state index in [4.69, 9.17) is 4.74 Å². The molecular weight excluding hydrogens is 501 g/mol. The zero-order valence-corrected chi connectivity index (χ0v) is 20.9. The molecule has 0 bridgehead atoms. The van der Waals surface area contributed by atoms with Gasteiger partial charge in [-0.05, 0) is 44.0 Å². The van der Waals surface area contributed by atoms with E-state index in [2.05, 4.69) is 30.4 Å². The van der Waals surface area contributed by atoms with E-state index in [1.54, 1.807) is 36.1 Å². The van der Waals surface area contributed by atoms with Gasteiger partial charge in [-0.3, -0.25) is 4.79 Å². The molecule has 0 aliphatic carbocycles. The molecule has 1 fully saturated rings. The van der Waals surface area contributed by atoms with Crippen LogP contribution in [0.3, 0.4) is 0 Å². The number of fused-ring (bicyclic) bond motifs is 1. The average Bonchev–Trinajstić information content (AvgIpc) is 3.29. The van der Waals surface area contributed by atoms with Gasteiger partial charge in [-0.15, -0.1) is 0 Å². The Balaban J connectivity index is 0.000000786. The van der Waals surface area contributed by atoms with Crippen molar-refractivity contribution in [2.75, 3.05) is 37.6 Å². The largest absolute Gasteiger partial charge is 0.385 e. The zero-order chi connectivity index (χ0) is 27.1. The number of methoxy groups -OCH3 is 1. The maximum atomic E-state index is 14.3. The third-order valence-electron chi connectivity index (χ3n) is 5.83. The van der Waals surface area contributed by atoms with Crippen molar-refractivity contribution in [3.63, 3.8) is 0 Å². The Bertz CT molecular complexity index is 1370. The highest BCUT2D eigenvalue weighted by molar-refractivity contribution is 5.90. The summed E-state index contributed by atoms with van der Waals surface area (Å²) >= 11 is 0. The third kappa shape index (κ3) is 6.26. The molecule has 1 aliphatic rings. The number of anilines is 4. The molecule has 1 saturated heterocycles. The quantitative estimate of drug-likeness (QED) is 0.301. The Hall–Kier alpha value is -4.03. The lowest BCUT2D eigenvalue weighted by Gasteiger charge is -2.22. The van der Waals surface area contributed by atoms with Crippen LogP contribution in [0.15, 0.2) is 42.6 Å². The van der Waals surface area contributed by atoms with Gasteiger partial charge in [0.2, 0.25) is 5.95 Å². The van der Waals surface area contributed by atoms with Crippen LogP contribution in [-0.4, -0.2) is 53.0 Å². The molecule has 2 aromatic carbocycles. The van der Waals surface area contributed by atoms with Crippen molar-refractivity contribution in [3.05, 3.63) is 65.6 Å². The number of nitrogens with zero attached hydrogens (tertiary/aromatic N) is 4. The van der Waals surface area contributed by atoms with Crippen LogP contribution in [0, 0.1) is 17.5 Å². The van der Waals surface area contributed by atoms with Gasteiger partial charge in [-0.1, -0.05) is 0 Å². The summed E-state index contributed by atoms with van der Waals surface area (Å²) in [6.07, 6.45) is 3.62. The molecular formula is C26H27F3N6O3. The number of rotatable bonds is 7. The van der Waals surface area contributed by atoms with Crippen molar-refractivity contribution < 1.29 is 27.4 Å². The first-order chi connectivity index (χ1) is 18.4. The number of hydrogen-bond donors (Lipinski definition) is 2. The fourth-order valence-electron chi connectivity index (χ4n) is 3.81. The number of benzene rings is 2. The average molecular weight is 529 g/mol. The van der Waals surface area contributed by atoms with Crippen LogP contribution in [0.2, 0.25) is 0 Å². The van der Waals surface area contributed by atoms with E-state index < -0.39 is 23.1 Å². The molecule has 2 aromatic heterocycles. The molecule has 0 unspecified atom stereocenters. The lowest BCUT2D eigenvalue weighted by Crippen LogP contribution is -2.21. The molecule has 0 spiro atoms. The monoisotopic (exact) mass is 528 g/mol. The van der Waals surface area contributed by atoms with Crippen molar-refractivity contribution in [1.82, 2.24) is 19.7 Å². The van der Waals surface area contributed by atoms with Crippen LogP contribution in [0.4, 0.5) is 36.3 Å². The number of ether oxygens (including phenoxy) is 2. The summed E-state index contributed by atoms with van der Waals surface area (Å²) in [6, 6.07) is 7.92. The number of halogens is 3. The van der Waals surface area contributed by atoms with Gasteiger partial charge in [0.15, 0.2) is 23.1 Å². The van der Waals surface area contributed by atoms with Gasteiger partial charge in [-0.25, -0.2) is 22.8 Å². The normalized spacial score (nSPS) is 13.6. The molecule has 1 aliphatic heterocycles. The van der Waals surface area contributed by atoms with Crippen LogP contribution in [-0.2, 0) is 9.47 Å². The van der Waals surface area contributed by atoms with Crippen LogP contribution in [0.5, 0.6) is 0 Å². The SMILES string of the molecule is CCOC.O=Cc1ccc(Nc2ncc3c(Nc4c(F)cc(F)cc4F)nn(C4CCOCC4)c3n2)cc1. The van der Waals surface area contributed by atoms with Gasteiger partial charge in [0.1, 0.15) is 17.8 Å². The summed E-state index contributed by atoms with van der Waals surface area (Å²) in [4.78, 5) is 19.8. The maximum Gasteiger partial charge on any atom is 0.229 e. The van der Waals surface area contributed by atoms with Crippen molar-refractivity contribution in [2.24, 2.45) is 0 Å². The van der Waals surface area contributed by atoms with Gasteiger partial charge in [0, 0.05) is 56.5 Å². The van der Waals surface area contributed by atoms with Crippen LogP contribution >= 0.6 is 0 Å². The van der Waals surface area contributed by atoms with Crippen LogP contribution in [0.1, 0.15) is 36.2 Å². The standard InChI is InChI=1S/C23H19F3N6O2.C3H8O/c24-14-9-18(25)20(19(26)10-14)29-21-17-11-27-23(28-15-3-1-13(12-33)2-4-15)30-22(17)32(31-21)16-5-7-34-8-6-16;1-3-4-2/h1-4,9-12,16H,5-8H2,(H,29,31)(H,27,28,30);3H2,1-2H3. The number of aromatic nitrogens is 4. The Kier molecular flexibility index (Phi) is 8.87.